The monoisotopic (exact) mass is 392 g/mol. The van der Waals surface area contributed by atoms with Crippen LogP contribution >= 0.6 is 11.9 Å². The summed E-state index contributed by atoms with van der Waals surface area (Å²) in [6.45, 7) is 10.2. The third kappa shape index (κ3) is 3.91. The highest BCUT2D eigenvalue weighted by atomic mass is 32.2. The van der Waals surface area contributed by atoms with Crippen LogP contribution in [0.2, 0.25) is 0 Å². The Morgan fingerprint density at radius 2 is 2.15 bits per heavy atom. The molecular formula is C20H32N4O2S. The van der Waals surface area contributed by atoms with E-state index in [0.717, 1.165) is 57.8 Å². The van der Waals surface area contributed by atoms with Crippen molar-refractivity contribution in [3.63, 3.8) is 0 Å². The van der Waals surface area contributed by atoms with E-state index in [1.807, 2.05) is 4.90 Å². The smallest absolute Gasteiger partial charge is 0.273 e. The Morgan fingerprint density at radius 3 is 2.81 bits per heavy atom. The molecule has 1 unspecified atom stereocenters. The number of rotatable bonds is 2. The highest BCUT2D eigenvalue weighted by Gasteiger charge is 2.47. The van der Waals surface area contributed by atoms with Crippen LogP contribution in [0.1, 0.15) is 52.9 Å². The molecule has 3 aliphatic heterocycles. The third-order valence-electron chi connectivity index (χ3n) is 6.59. The van der Waals surface area contributed by atoms with Gasteiger partial charge < -0.3 is 15.1 Å². The molecule has 0 aromatic heterocycles. The molecule has 3 heterocycles. The quantitative estimate of drug-likeness (QED) is 0.732. The number of carbonyl (C=O) groups excluding carboxylic acids is 1. The largest absolute Gasteiger partial charge is 0.388 e. The summed E-state index contributed by atoms with van der Waals surface area (Å²) in [5.74, 6) is 0.785. The Bertz CT molecular complexity index is 626. The Hall–Kier alpha value is -1.05. The van der Waals surface area contributed by atoms with E-state index >= 15 is 0 Å². The summed E-state index contributed by atoms with van der Waals surface area (Å²) < 4.78 is 2.25. The maximum Gasteiger partial charge on any atom is 0.273 e. The van der Waals surface area contributed by atoms with Gasteiger partial charge in [0.15, 0.2) is 0 Å². The first-order valence-corrected chi connectivity index (χ1v) is 11.1. The van der Waals surface area contributed by atoms with Gasteiger partial charge in [0.25, 0.3) is 5.91 Å². The third-order valence-corrected chi connectivity index (χ3v) is 7.57. The number of amides is 1. The van der Waals surface area contributed by atoms with Crippen molar-refractivity contribution in [2.45, 2.75) is 64.6 Å². The minimum absolute atomic E-state index is 0.0591. The molecule has 0 aromatic rings. The van der Waals surface area contributed by atoms with Gasteiger partial charge in [0.2, 0.25) is 0 Å². The molecule has 27 heavy (non-hydrogen) atoms. The van der Waals surface area contributed by atoms with Crippen LogP contribution in [0.4, 0.5) is 0 Å². The van der Waals surface area contributed by atoms with E-state index in [2.05, 4.69) is 47.0 Å². The standard InChI is InChI=1S/C20H32N4O2S/c1-19(2,3)15-5-7-20(8-6-15)13-16(22-26-20)18(25)23-11-9-21-14-17(23)24-10-4-12-27-24/h4,12,15,17,21H,5-11,13-14H2,1-3H3. The van der Waals surface area contributed by atoms with Crippen LogP contribution in [0.25, 0.3) is 0 Å². The van der Waals surface area contributed by atoms with Gasteiger partial charge >= 0.3 is 0 Å². The highest BCUT2D eigenvalue weighted by molar-refractivity contribution is 8.00. The summed E-state index contributed by atoms with van der Waals surface area (Å²) in [6.07, 6.45) is 7.21. The molecule has 6 nitrogen and oxygen atoms in total. The summed E-state index contributed by atoms with van der Waals surface area (Å²) in [7, 11) is 0. The lowest BCUT2D eigenvalue weighted by Gasteiger charge is -2.41. The molecule has 150 valence electrons. The average molecular weight is 393 g/mol. The highest BCUT2D eigenvalue weighted by Crippen LogP contribution is 2.46. The maximum atomic E-state index is 13.2. The molecule has 1 aliphatic carbocycles. The van der Waals surface area contributed by atoms with Crippen LogP contribution in [-0.2, 0) is 9.63 Å². The van der Waals surface area contributed by atoms with Gasteiger partial charge in [-0.3, -0.25) is 4.79 Å². The predicted molar refractivity (Wildman–Crippen MR) is 109 cm³/mol. The first-order chi connectivity index (χ1) is 12.9. The van der Waals surface area contributed by atoms with Crippen LogP contribution in [0.15, 0.2) is 16.6 Å². The van der Waals surface area contributed by atoms with Crippen LogP contribution in [0.3, 0.4) is 0 Å². The zero-order chi connectivity index (χ0) is 19.1. The molecule has 4 aliphatic rings. The topological polar surface area (TPSA) is 57.2 Å². The molecular weight excluding hydrogens is 360 g/mol. The second-order valence-corrected chi connectivity index (χ2v) is 10.3. The van der Waals surface area contributed by atoms with Crippen molar-refractivity contribution in [1.82, 2.24) is 14.5 Å². The van der Waals surface area contributed by atoms with Gasteiger partial charge in [-0.15, -0.1) is 0 Å². The van der Waals surface area contributed by atoms with E-state index in [4.69, 9.17) is 4.84 Å². The molecule has 4 rings (SSSR count). The second-order valence-electron chi connectivity index (χ2n) is 9.39. The molecule has 1 saturated heterocycles. The van der Waals surface area contributed by atoms with Gasteiger partial charge in [-0.05, 0) is 54.4 Å². The van der Waals surface area contributed by atoms with Crippen molar-refractivity contribution in [2.75, 3.05) is 26.2 Å². The summed E-state index contributed by atoms with van der Waals surface area (Å²) in [5, 5.41) is 9.81. The summed E-state index contributed by atoms with van der Waals surface area (Å²) in [6, 6.07) is 0. The first-order valence-electron chi connectivity index (χ1n) is 10.2. The number of nitrogens with one attached hydrogen (secondary N) is 1. The Kier molecular flexibility index (Phi) is 5.29. The number of oxime groups is 1. The fourth-order valence-corrected chi connectivity index (χ4v) is 5.60. The Morgan fingerprint density at radius 1 is 1.37 bits per heavy atom. The number of hydrogen-bond acceptors (Lipinski definition) is 6. The first kappa shape index (κ1) is 19.3. The van der Waals surface area contributed by atoms with Gasteiger partial charge in [-0.2, -0.15) is 0 Å². The van der Waals surface area contributed by atoms with Gasteiger partial charge in [-0.25, -0.2) is 4.31 Å². The van der Waals surface area contributed by atoms with Crippen LogP contribution < -0.4 is 5.32 Å². The minimum Gasteiger partial charge on any atom is -0.388 e. The van der Waals surface area contributed by atoms with E-state index in [1.165, 1.54) is 0 Å². The average Bonchev–Trinajstić information content (AvgIpc) is 3.31. The lowest BCUT2D eigenvalue weighted by atomic mass is 9.67. The number of nitrogens with zero attached hydrogens (tertiary/aromatic N) is 3. The Labute approximate surface area is 166 Å². The maximum absolute atomic E-state index is 13.2. The summed E-state index contributed by atoms with van der Waals surface area (Å²) >= 11 is 1.68. The minimum atomic E-state index is -0.236. The van der Waals surface area contributed by atoms with Crippen molar-refractivity contribution in [3.8, 4) is 0 Å². The van der Waals surface area contributed by atoms with Gasteiger partial charge in [0, 0.05) is 32.6 Å². The SMILES string of the molecule is CC(C)(C)C1CCC2(CC1)CC(C(=O)N1CCNCC1N1CC=CS1)=NO2. The predicted octanol–water partition coefficient (Wildman–Crippen LogP) is 2.97. The summed E-state index contributed by atoms with van der Waals surface area (Å²) in [4.78, 5) is 21.2. The second kappa shape index (κ2) is 7.41. The molecule has 7 heteroatoms. The molecule has 1 saturated carbocycles. The molecule has 1 spiro atoms. The fraction of sp³-hybridized carbons (Fsp3) is 0.800. The normalized spacial score (nSPS) is 34.8. The van der Waals surface area contributed by atoms with Crippen molar-refractivity contribution >= 4 is 23.6 Å². The van der Waals surface area contributed by atoms with Crippen LogP contribution in [0, 0.1) is 11.3 Å². The molecule has 1 amide bonds. The molecule has 2 fully saturated rings. The van der Waals surface area contributed by atoms with Crippen molar-refractivity contribution in [1.29, 1.82) is 0 Å². The fourth-order valence-electron chi connectivity index (χ4n) is 4.77. The molecule has 0 bridgehead atoms. The van der Waals surface area contributed by atoms with E-state index in [-0.39, 0.29) is 17.7 Å². The van der Waals surface area contributed by atoms with E-state index < -0.39 is 0 Å². The van der Waals surface area contributed by atoms with E-state index in [1.54, 1.807) is 11.9 Å². The van der Waals surface area contributed by atoms with Crippen LogP contribution in [0.5, 0.6) is 0 Å². The molecule has 0 radical (unpaired) electrons. The summed E-state index contributed by atoms with van der Waals surface area (Å²) in [5.41, 5.74) is 0.725. The van der Waals surface area contributed by atoms with Crippen molar-refractivity contribution in [3.05, 3.63) is 11.5 Å². The van der Waals surface area contributed by atoms with Crippen molar-refractivity contribution in [2.24, 2.45) is 16.5 Å². The van der Waals surface area contributed by atoms with Crippen LogP contribution in [-0.4, -0.2) is 58.8 Å². The zero-order valence-electron chi connectivity index (χ0n) is 16.7. The lowest BCUT2D eigenvalue weighted by molar-refractivity contribution is -0.129. The van der Waals surface area contributed by atoms with E-state index in [0.29, 0.717) is 17.5 Å². The zero-order valence-corrected chi connectivity index (χ0v) is 17.6. The molecule has 0 aromatic carbocycles. The van der Waals surface area contributed by atoms with Gasteiger partial charge in [0.05, 0.1) is 0 Å². The number of carbonyl (C=O) groups is 1. The van der Waals surface area contributed by atoms with Gasteiger partial charge in [0.1, 0.15) is 17.5 Å². The number of hydrogen-bond donors (Lipinski definition) is 1. The molecule has 1 atom stereocenters. The van der Waals surface area contributed by atoms with Gasteiger partial charge in [-0.1, -0.05) is 32.0 Å². The molecule has 1 N–H and O–H groups in total. The van der Waals surface area contributed by atoms with Crippen molar-refractivity contribution < 1.29 is 9.63 Å². The number of piperazine rings is 1. The Balaban J connectivity index is 1.39. The lowest BCUT2D eigenvalue weighted by Crippen LogP contribution is -2.60. The van der Waals surface area contributed by atoms with E-state index in [9.17, 15) is 4.79 Å².